The lowest BCUT2D eigenvalue weighted by atomic mass is 9.87. The van der Waals surface area contributed by atoms with Gasteiger partial charge in [-0.2, -0.15) is 11.3 Å². The van der Waals surface area contributed by atoms with Crippen molar-refractivity contribution in [2.45, 2.75) is 44.7 Å². The van der Waals surface area contributed by atoms with Gasteiger partial charge in [-0.3, -0.25) is 4.79 Å². The second kappa shape index (κ2) is 9.19. The SMILES string of the molecule is COC(=O)C1=C(C)N=C2SC=C(CC(=O)NC3CCCc4ccccc43)N2C1c1ccsc1. The molecule has 1 aliphatic carbocycles. The molecule has 2 aromatic rings. The number of fused-ring (bicyclic) bond motifs is 2. The number of nitrogens with one attached hydrogen (secondary N) is 1. The molecule has 2 aliphatic heterocycles. The molecule has 0 bridgehead atoms. The van der Waals surface area contributed by atoms with Crippen LogP contribution in [-0.2, 0) is 20.7 Å². The third-order valence-electron chi connectivity index (χ3n) is 6.31. The molecule has 0 fully saturated rings. The number of methoxy groups -OCH3 is 1. The topological polar surface area (TPSA) is 71.0 Å². The van der Waals surface area contributed by atoms with Crippen molar-refractivity contribution in [3.63, 3.8) is 0 Å². The second-order valence-corrected chi connectivity index (χ2v) is 9.95. The molecule has 0 saturated carbocycles. The molecule has 2 atom stereocenters. The molecular weight excluding hydrogens is 454 g/mol. The molecular formula is C25H25N3O3S2. The number of aliphatic imine (C=N–C) groups is 1. The number of hydrogen-bond acceptors (Lipinski definition) is 7. The highest BCUT2D eigenvalue weighted by Gasteiger charge is 2.41. The minimum Gasteiger partial charge on any atom is -0.466 e. The molecule has 3 heterocycles. The average molecular weight is 480 g/mol. The number of ether oxygens (including phenoxy) is 1. The van der Waals surface area contributed by atoms with E-state index < -0.39 is 5.97 Å². The van der Waals surface area contributed by atoms with Crippen LogP contribution in [0.15, 0.2) is 68.5 Å². The predicted molar refractivity (Wildman–Crippen MR) is 132 cm³/mol. The van der Waals surface area contributed by atoms with Crippen molar-refractivity contribution < 1.29 is 14.3 Å². The van der Waals surface area contributed by atoms with Crippen LogP contribution in [0.1, 0.15) is 55.0 Å². The van der Waals surface area contributed by atoms with E-state index in [0.29, 0.717) is 11.3 Å². The zero-order valence-corrected chi connectivity index (χ0v) is 20.2. The number of thioether (sulfide) groups is 1. The fourth-order valence-corrected chi connectivity index (χ4v) is 6.44. The summed E-state index contributed by atoms with van der Waals surface area (Å²) in [5, 5.41) is 10.0. The van der Waals surface area contributed by atoms with E-state index in [0.717, 1.165) is 35.7 Å². The monoisotopic (exact) mass is 479 g/mol. The Kier molecular flexibility index (Phi) is 6.12. The number of esters is 1. The van der Waals surface area contributed by atoms with Crippen molar-refractivity contribution in [1.29, 1.82) is 0 Å². The lowest BCUT2D eigenvalue weighted by molar-refractivity contribution is -0.136. The van der Waals surface area contributed by atoms with Crippen molar-refractivity contribution in [3.8, 4) is 0 Å². The van der Waals surface area contributed by atoms with Gasteiger partial charge in [0.15, 0.2) is 5.17 Å². The Morgan fingerprint density at radius 3 is 2.91 bits per heavy atom. The van der Waals surface area contributed by atoms with E-state index >= 15 is 0 Å². The van der Waals surface area contributed by atoms with Gasteiger partial charge in [-0.25, -0.2) is 9.79 Å². The predicted octanol–water partition coefficient (Wildman–Crippen LogP) is 5.08. The van der Waals surface area contributed by atoms with E-state index in [4.69, 9.17) is 4.74 Å². The average Bonchev–Trinajstić information content (AvgIpc) is 3.48. The van der Waals surface area contributed by atoms with Gasteiger partial charge in [0.2, 0.25) is 5.91 Å². The second-order valence-electron chi connectivity index (χ2n) is 8.33. The minimum absolute atomic E-state index is 0.0280. The molecule has 6 nitrogen and oxygen atoms in total. The smallest absolute Gasteiger partial charge is 0.338 e. The Bertz CT molecular complexity index is 1180. The Labute approximate surface area is 201 Å². The van der Waals surface area contributed by atoms with Gasteiger partial charge in [0, 0.05) is 5.70 Å². The minimum atomic E-state index is -0.397. The molecule has 1 amide bonds. The van der Waals surface area contributed by atoms with Crippen LogP contribution < -0.4 is 5.32 Å². The number of amides is 1. The summed E-state index contributed by atoms with van der Waals surface area (Å²) in [4.78, 5) is 32.5. The van der Waals surface area contributed by atoms with Gasteiger partial charge in [0.25, 0.3) is 0 Å². The summed E-state index contributed by atoms with van der Waals surface area (Å²) >= 11 is 3.06. The fourth-order valence-electron chi connectivity index (χ4n) is 4.80. The summed E-state index contributed by atoms with van der Waals surface area (Å²) in [5.74, 6) is -0.425. The van der Waals surface area contributed by atoms with Gasteiger partial charge < -0.3 is 15.0 Å². The summed E-state index contributed by atoms with van der Waals surface area (Å²) in [5.41, 5.74) is 5.52. The van der Waals surface area contributed by atoms with Crippen LogP contribution in [0.5, 0.6) is 0 Å². The molecule has 0 radical (unpaired) electrons. The van der Waals surface area contributed by atoms with Crippen LogP contribution in [0.2, 0.25) is 0 Å². The number of rotatable bonds is 5. The maximum absolute atomic E-state index is 13.2. The van der Waals surface area contributed by atoms with E-state index in [2.05, 4.69) is 28.5 Å². The number of nitrogens with zero attached hydrogens (tertiary/aromatic N) is 2. The lowest BCUT2D eigenvalue weighted by Gasteiger charge is -2.35. The van der Waals surface area contributed by atoms with E-state index in [1.807, 2.05) is 40.1 Å². The van der Waals surface area contributed by atoms with E-state index in [1.165, 1.54) is 30.0 Å². The summed E-state index contributed by atoms with van der Waals surface area (Å²) in [6, 6.07) is 10.0. The number of thiophene rings is 1. The largest absolute Gasteiger partial charge is 0.466 e. The zero-order chi connectivity index (χ0) is 22.9. The van der Waals surface area contributed by atoms with Gasteiger partial charge >= 0.3 is 5.97 Å². The van der Waals surface area contributed by atoms with Crippen molar-refractivity contribution in [2.24, 2.45) is 4.99 Å². The van der Waals surface area contributed by atoms with Crippen molar-refractivity contribution in [2.75, 3.05) is 7.11 Å². The fraction of sp³-hybridized carbons (Fsp3) is 0.320. The molecule has 5 rings (SSSR count). The van der Waals surface area contributed by atoms with Crippen LogP contribution in [-0.4, -0.2) is 29.1 Å². The van der Waals surface area contributed by atoms with Crippen LogP contribution in [0.3, 0.4) is 0 Å². The third-order valence-corrected chi connectivity index (χ3v) is 7.90. The number of benzene rings is 1. The quantitative estimate of drug-likeness (QED) is 0.606. The molecule has 1 aromatic heterocycles. The number of aryl methyl sites for hydroxylation is 1. The number of amidine groups is 1. The first kappa shape index (κ1) is 22.0. The van der Waals surface area contributed by atoms with Crippen LogP contribution in [0.4, 0.5) is 0 Å². The number of carbonyl (C=O) groups is 2. The molecule has 1 aromatic carbocycles. The number of allylic oxidation sites excluding steroid dienone is 1. The van der Waals surface area contributed by atoms with Crippen molar-refractivity contribution >= 4 is 40.1 Å². The maximum Gasteiger partial charge on any atom is 0.338 e. The molecule has 1 N–H and O–H groups in total. The molecule has 33 heavy (non-hydrogen) atoms. The summed E-state index contributed by atoms with van der Waals surface area (Å²) in [6.07, 6.45) is 3.29. The summed E-state index contributed by atoms with van der Waals surface area (Å²) < 4.78 is 5.09. The highest BCUT2D eigenvalue weighted by molar-refractivity contribution is 8.16. The third kappa shape index (κ3) is 4.13. The molecule has 2 unspecified atom stereocenters. The zero-order valence-electron chi connectivity index (χ0n) is 18.5. The standard InChI is InChI=1S/C25H25N3O3S2/c1-15-22(24(30)31-2)23(17-10-11-32-13-17)28-18(14-33-25(28)26-15)12-21(29)27-20-9-5-7-16-6-3-4-8-19(16)20/h3-4,6,8,10-11,13-14,20,23H,5,7,9,12H2,1-2H3,(H,27,29). The first-order valence-corrected chi connectivity index (χ1v) is 12.8. The van der Waals surface area contributed by atoms with Crippen LogP contribution in [0.25, 0.3) is 0 Å². The molecule has 170 valence electrons. The lowest BCUT2D eigenvalue weighted by Crippen LogP contribution is -2.38. The Hall–Kier alpha value is -2.84. The Morgan fingerprint density at radius 2 is 2.12 bits per heavy atom. The molecule has 8 heteroatoms. The first-order chi connectivity index (χ1) is 16.1. The normalized spacial score (nSPS) is 21.7. The summed E-state index contributed by atoms with van der Waals surface area (Å²) in [6.45, 7) is 1.84. The molecule has 0 spiro atoms. The molecule has 3 aliphatic rings. The Morgan fingerprint density at radius 1 is 1.27 bits per heavy atom. The highest BCUT2D eigenvalue weighted by Crippen LogP contribution is 2.45. The molecule has 0 saturated heterocycles. The van der Waals surface area contributed by atoms with Crippen LogP contribution in [0, 0.1) is 0 Å². The number of carbonyl (C=O) groups excluding carboxylic acids is 2. The van der Waals surface area contributed by atoms with E-state index in [1.54, 1.807) is 11.3 Å². The summed E-state index contributed by atoms with van der Waals surface area (Å²) in [7, 11) is 1.39. The number of hydrogen-bond donors (Lipinski definition) is 1. The van der Waals surface area contributed by atoms with Crippen molar-refractivity contribution in [1.82, 2.24) is 10.2 Å². The van der Waals surface area contributed by atoms with E-state index in [-0.39, 0.29) is 24.4 Å². The maximum atomic E-state index is 13.2. The van der Waals surface area contributed by atoms with Gasteiger partial charge in [0.1, 0.15) is 0 Å². The van der Waals surface area contributed by atoms with E-state index in [9.17, 15) is 9.59 Å². The van der Waals surface area contributed by atoms with Crippen molar-refractivity contribution in [3.05, 3.63) is 80.2 Å². The van der Waals surface area contributed by atoms with Gasteiger partial charge in [-0.1, -0.05) is 36.0 Å². The highest BCUT2D eigenvalue weighted by atomic mass is 32.2. The van der Waals surface area contributed by atoms with Crippen LogP contribution >= 0.6 is 23.1 Å². The Balaban J connectivity index is 1.39. The van der Waals surface area contributed by atoms with Gasteiger partial charge in [-0.05, 0) is 65.1 Å². The first-order valence-electron chi connectivity index (χ1n) is 11.0. The van der Waals surface area contributed by atoms with Gasteiger partial charge in [-0.15, -0.1) is 0 Å². The van der Waals surface area contributed by atoms with Gasteiger partial charge in [0.05, 0.1) is 36.9 Å².